The molecule has 1 saturated heterocycles. The van der Waals surface area contributed by atoms with Gasteiger partial charge >= 0.3 is 0 Å². The summed E-state index contributed by atoms with van der Waals surface area (Å²) in [5, 5.41) is 0.0571. The first-order valence-electron chi connectivity index (χ1n) is 7.58. The Labute approximate surface area is 135 Å². The van der Waals surface area contributed by atoms with Crippen LogP contribution >= 0.6 is 11.6 Å². The highest BCUT2D eigenvalue weighted by Gasteiger charge is 2.35. The van der Waals surface area contributed by atoms with Gasteiger partial charge < -0.3 is 4.90 Å². The van der Waals surface area contributed by atoms with Gasteiger partial charge in [-0.15, -0.1) is 0 Å². The van der Waals surface area contributed by atoms with Crippen LogP contribution in [0.1, 0.15) is 34.6 Å². The molecule has 0 unspecified atom stereocenters. The van der Waals surface area contributed by atoms with Crippen molar-refractivity contribution in [3.05, 3.63) is 46.1 Å². The molecule has 0 saturated carbocycles. The van der Waals surface area contributed by atoms with Gasteiger partial charge in [-0.2, -0.15) is 0 Å². The second kappa shape index (κ2) is 5.86. The molecule has 1 aliphatic carbocycles. The lowest BCUT2D eigenvalue weighted by atomic mass is 9.91. The van der Waals surface area contributed by atoms with Crippen LogP contribution in [-0.2, 0) is 0 Å². The molecule has 4 nitrogen and oxygen atoms in total. The van der Waals surface area contributed by atoms with E-state index in [1.54, 1.807) is 24.3 Å². The van der Waals surface area contributed by atoms with Gasteiger partial charge in [0.2, 0.25) is 11.6 Å². The SMILES string of the molecule is CC(C)N1CCN(C2=C(Cl)C(=O)c3ccccc3C2=O)CC1. The number of nitrogens with zero attached hydrogens (tertiary/aromatic N) is 2. The summed E-state index contributed by atoms with van der Waals surface area (Å²) >= 11 is 6.24. The van der Waals surface area contributed by atoms with Crippen LogP contribution in [0.5, 0.6) is 0 Å². The van der Waals surface area contributed by atoms with E-state index in [1.165, 1.54) is 0 Å². The van der Waals surface area contributed by atoms with Crippen LogP contribution in [0.3, 0.4) is 0 Å². The first kappa shape index (κ1) is 15.3. The van der Waals surface area contributed by atoms with E-state index in [0.29, 0.717) is 36.0 Å². The molecule has 0 atom stereocenters. The van der Waals surface area contributed by atoms with Crippen LogP contribution in [0, 0.1) is 0 Å². The van der Waals surface area contributed by atoms with Crippen LogP contribution in [0.15, 0.2) is 35.0 Å². The summed E-state index contributed by atoms with van der Waals surface area (Å²) in [5.41, 5.74) is 1.23. The molecule has 5 heteroatoms. The van der Waals surface area contributed by atoms with E-state index in [0.717, 1.165) is 13.1 Å². The molecule has 0 spiro atoms. The van der Waals surface area contributed by atoms with Gasteiger partial charge in [-0.05, 0) is 13.8 Å². The van der Waals surface area contributed by atoms with Gasteiger partial charge in [0.15, 0.2) is 0 Å². The second-order valence-electron chi connectivity index (χ2n) is 5.98. The molecule has 1 fully saturated rings. The zero-order valence-corrected chi connectivity index (χ0v) is 13.6. The lowest BCUT2D eigenvalue weighted by Gasteiger charge is -2.39. The molecule has 1 aromatic rings. The molecule has 1 aromatic carbocycles. The Kier molecular flexibility index (Phi) is 4.06. The third-order valence-electron chi connectivity index (χ3n) is 4.40. The van der Waals surface area contributed by atoms with Crippen molar-refractivity contribution >= 4 is 23.2 Å². The molecule has 22 heavy (non-hydrogen) atoms. The number of hydrogen-bond donors (Lipinski definition) is 0. The topological polar surface area (TPSA) is 40.6 Å². The molecular weight excluding hydrogens is 300 g/mol. The maximum absolute atomic E-state index is 12.7. The van der Waals surface area contributed by atoms with E-state index < -0.39 is 0 Å². The van der Waals surface area contributed by atoms with Gasteiger partial charge in [0, 0.05) is 43.3 Å². The first-order valence-corrected chi connectivity index (χ1v) is 7.95. The van der Waals surface area contributed by atoms with E-state index in [2.05, 4.69) is 18.7 Å². The van der Waals surface area contributed by atoms with Gasteiger partial charge in [0.1, 0.15) is 10.7 Å². The van der Waals surface area contributed by atoms with Crippen molar-refractivity contribution < 1.29 is 9.59 Å². The second-order valence-corrected chi connectivity index (χ2v) is 6.36. The third kappa shape index (κ3) is 2.46. The van der Waals surface area contributed by atoms with Crippen molar-refractivity contribution in [2.75, 3.05) is 26.2 Å². The molecule has 1 aliphatic heterocycles. The Balaban J connectivity index is 1.90. The fraction of sp³-hybridized carbons (Fsp3) is 0.412. The maximum atomic E-state index is 12.7. The van der Waals surface area contributed by atoms with Crippen LogP contribution in [0.25, 0.3) is 0 Å². The lowest BCUT2D eigenvalue weighted by Crippen LogP contribution is -2.50. The smallest absolute Gasteiger partial charge is 0.211 e. The molecule has 2 aliphatic rings. The number of carbonyl (C=O) groups is 2. The number of ketones is 2. The van der Waals surface area contributed by atoms with Crippen molar-refractivity contribution in [2.45, 2.75) is 19.9 Å². The molecule has 0 radical (unpaired) electrons. The van der Waals surface area contributed by atoms with E-state index in [-0.39, 0.29) is 16.6 Å². The van der Waals surface area contributed by atoms with Gasteiger partial charge in [-0.25, -0.2) is 0 Å². The standard InChI is InChI=1S/C17H19ClN2O2/c1-11(2)19-7-9-20(10-8-19)15-14(18)16(21)12-5-3-4-6-13(12)17(15)22/h3-6,11H,7-10H2,1-2H3. The molecular formula is C17H19ClN2O2. The van der Waals surface area contributed by atoms with Crippen molar-refractivity contribution in [1.82, 2.24) is 9.80 Å². The van der Waals surface area contributed by atoms with Gasteiger partial charge in [0.25, 0.3) is 0 Å². The monoisotopic (exact) mass is 318 g/mol. The number of rotatable bonds is 2. The molecule has 0 aromatic heterocycles. The summed E-state index contributed by atoms with van der Waals surface area (Å²) in [6, 6.07) is 7.36. The fourth-order valence-corrected chi connectivity index (χ4v) is 3.38. The zero-order valence-electron chi connectivity index (χ0n) is 12.8. The molecule has 1 heterocycles. The number of allylic oxidation sites excluding steroid dienone is 2. The minimum absolute atomic E-state index is 0.0571. The average molecular weight is 319 g/mol. The maximum Gasteiger partial charge on any atom is 0.211 e. The fourth-order valence-electron chi connectivity index (χ4n) is 3.08. The Hall–Kier alpha value is -1.65. The number of halogens is 1. The Bertz CT molecular complexity index is 658. The van der Waals surface area contributed by atoms with Gasteiger partial charge in [-0.3, -0.25) is 14.5 Å². The summed E-state index contributed by atoms with van der Waals surface area (Å²) in [6.07, 6.45) is 0. The van der Waals surface area contributed by atoms with E-state index in [1.807, 2.05) is 4.90 Å². The highest BCUT2D eigenvalue weighted by molar-refractivity contribution is 6.49. The summed E-state index contributed by atoms with van der Waals surface area (Å²) in [6.45, 7) is 7.49. The minimum Gasteiger partial charge on any atom is -0.364 e. The van der Waals surface area contributed by atoms with Crippen LogP contribution in [0.4, 0.5) is 0 Å². The molecule has 0 N–H and O–H groups in total. The Morgan fingerprint density at radius 3 is 2.05 bits per heavy atom. The number of fused-ring (bicyclic) bond motifs is 1. The summed E-state index contributed by atoms with van der Waals surface area (Å²) in [5.74, 6) is -0.392. The van der Waals surface area contributed by atoms with Gasteiger partial charge in [0.05, 0.1) is 0 Å². The largest absolute Gasteiger partial charge is 0.364 e. The van der Waals surface area contributed by atoms with Gasteiger partial charge in [-0.1, -0.05) is 35.9 Å². The number of hydrogen-bond acceptors (Lipinski definition) is 4. The summed E-state index contributed by atoms with van der Waals surface area (Å²) < 4.78 is 0. The minimum atomic E-state index is -0.252. The van der Waals surface area contributed by atoms with Crippen molar-refractivity contribution in [2.24, 2.45) is 0 Å². The average Bonchev–Trinajstić information content (AvgIpc) is 2.53. The van der Waals surface area contributed by atoms with E-state index in [4.69, 9.17) is 11.6 Å². The lowest BCUT2D eigenvalue weighted by molar-refractivity contribution is 0.0887. The molecule has 116 valence electrons. The summed E-state index contributed by atoms with van der Waals surface area (Å²) in [7, 11) is 0. The molecule has 3 rings (SSSR count). The predicted octanol–water partition coefficient (Wildman–Crippen LogP) is 2.54. The summed E-state index contributed by atoms with van der Waals surface area (Å²) in [4.78, 5) is 29.5. The van der Waals surface area contributed by atoms with Crippen molar-refractivity contribution in [3.8, 4) is 0 Å². The highest BCUT2D eigenvalue weighted by atomic mass is 35.5. The number of benzene rings is 1. The zero-order chi connectivity index (χ0) is 15.9. The van der Waals surface area contributed by atoms with Crippen LogP contribution < -0.4 is 0 Å². The quantitative estimate of drug-likeness (QED) is 0.840. The van der Waals surface area contributed by atoms with E-state index in [9.17, 15) is 9.59 Å². The third-order valence-corrected chi connectivity index (χ3v) is 4.75. The number of Topliss-reactive ketones (excluding diaryl/α,β-unsaturated/α-hetero) is 2. The van der Waals surface area contributed by atoms with E-state index >= 15 is 0 Å². The molecule has 0 bridgehead atoms. The molecule has 0 amide bonds. The highest BCUT2D eigenvalue weighted by Crippen LogP contribution is 2.31. The van der Waals surface area contributed by atoms with Crippen LogP contribution in [-0.4, -0.2) is 53.6 Å². The Morgan fingerprint density at radius 1 is 0.955 bits per heavy atom. The van der Waals surface area contributed by atoms with Crippen LogP contribution in [0.2, 0.25) is 0 Å². The number of carbonyl (C=O) groups excluding carboxylic acids is 2. The van der Waals surface area contributed by atoms with Crippen molar-refractivity contribution in [1.29, 1.82) is 0 Å². The first-order chi connectivity index (χ1) is 10.5. The predicted molar refractivity (Wildman–Crippen MR) is 86.3 cm³/mol. The Morgan fingerprint density at radius 2 is 1.50 bits per heavy atom. The number of piperazine rings is 1. The van der Waals surface area contributed by atoms with Crippen molar-refractivity contribution in [3.63, 3.8) is 0 Å². The normalized spacial score (nSPS) is 19.9.